The van der Waals surface area contributed by atoms with Crippen LogP contribution in [0, 0.1) is 5.41 Å². The number of hydrogen-bond donors (Lipinski definition) is 1. The largest absolute Gasteiger partial charge is 0.341 e. The molecule has 122 valence electrons. The van der Waals surface area contributed by atoms with Gasteiger partial charge in [0.1, 0.15) is 6.04 Å². The fraction of sp³-hybridized carbons (Fsp3) is 0.765. The molecule has 0 radical (unpaired) electrons. The van der Waals surface area contributed by atoms with Crippen molar-refractivity contribution in [1.29, 1.82) is 0 Å². The summed E-state index contributed by atoms with van der Waals surface area (Å²) in [6.45, 7) is 1.83. The molecule has 1 unspecified atom stereocenters. The minimum absolute atomic E-state index is 0.196. The molecule has 1 aromatic heterocycles. The first-order valence-corrected chi connectivity index (χ1v) is 8.58. The summed E-state index contributed by atoms with van der Waals surface area (Å²) in [5, 5.41) is 7.34. The lowest BCUT2D eigenvalue weighted by molar-refractivity contribution is -0.136. The molecule has 22 heavy (non-hydrogen) atoms. The van der Waals surface area contributed by atoms with E-state index < -0.39 is 0 Å². The summed E-state index contributed by atoms with van der Waals surface area (Å²) >= 11 is 0. The highest BCUT2D eigenvalue weighted by molar-refractivity contribution is 5.83. The van der Waals surface area contributed by atoms with Gasteiger partial charge in [-0.3, -0.25) is 9.48 Å². The number of likely N-dealkylation sites (tertiary alicyclic amines) is 1. The molecular formula is C17H28N4O. The van der Waals surface area contributed by atoms with Crippen molar-refractivity contribution in [3.8, 4) is 0 Å². The zero-order valence-electron chi connectivity index (χ0n) is 13.8. The van der Waals surface area contributed by atoms with Gasteiger partial charge in [0.25, 0.3) is 0 Å². The number of aromatic nitrogens is 2. The zero-order valence-corrected chi connectivity index (χ0v) is 13.8. The van der Waals surface area contributed by atoms with Crippen LogP contribution in [0.2, 0.25) is 0 Å². The van der Waals surface area contributed by atoms with Crippen molar-refractivity contribution in [2.45, 2.75) is 51.0 Å². The molecule has 5 nitrogen and oxygen atoms in total. The van der Waals surface area contributed by atoms with Gasteiger partial charge < -0.3 is 10.2 Å². The van der Waals surface area contributed by atoms with Gasteiger partial charge in [-0.2, -0.15) is 5.10 Å². The standard InChI is InChI=1S/C17H28N4O/c1-18-15(14-12-19-20(2)13-14)16(22)21-10-8-17(9-11-21)6-4-3-5-7-17/h12-13,15,18H,3-11H2,1-2H3. The molecule has 5 heteroatoms. The summed E-state index contributed by atoms with van der Waals surface area (Å²) in [6.07, 6.45) is 13.0. The Bertz CT molecular complexity index is 508. The van der Waals surface area contributed by atoms with Crippen molar-refractivity contribution >= 4 is 5.91 Å². The lowest BCUT2D eigenvalue weighted by Gasteiger charge is -2.44. The van der Waals surface area contributed by atoms with E-state index in [2.05, 4.69) is 10.4 Å². The van der Waals surface area contributed by atoms with Crippen molar-refractivity contribution in [1.82, 2.24) is 20.0 Å². The first kappa shape index (κ1) is 15.5. The van der Waals surface area contributed by atoms with Crippen molar-refractivity contribution in [3.63, 3.8) is 0 Å². The molecule has 1 amide bonds. The lowest BCUT2D eigenvalue weighted by Crippen LogP contribution is -2.47. The van der Waals surface area contributed by atoms with Gasteiger partial charge >= 0.3 is 0 Å². The molecule has 1 saturated heterocycles. The van der Waals surface area contributed by atoms with E-state index in [4.69, 9.17) is 0 Å². The van der Waals surface area contributed by atoms with Crippen molar-refractivity contribution in [2.75, 3.05) is 20.1 Å². The van der Waals surface area contributed by atoms with Gasteiger partial charge in [0.05, 0.1) is 6.20 Å². The van der Waals surface area contributed by atoms with Gasteiger partial charge in [0, 0.05) is 31.9 Å². The second-order valence-electron chi connectivity index (χ2n) is 7.05. The Morgan fingerprint density at radius 2 is 1.91 bits per heavy atom. The topological polar surface area (TPSA) is 50.2 Å². The Hall–Kier alpha value is -1.36. The maximum Gasteiger partial charge on any atom is 0.244 e. The third-order valence-electron chi connectivity index (χ3n) is 5.64. The zero-order chi connectivity index (χ0) is 15.6. The van der Waals surface area contributed by atoms with Crippen LogP contribution in [0.15, 0.2) is 12.4 Å². The Morgan fingerprint density at radius 3 is 2.45 bits per heavy atom. The Labute approximate surface area is 133 Å². The van der Waals surface area contributed by atoms with Gasteiger partial charge in [-0.05, 0) is 38.1 Å². The molecule has 2 fully saturated rings. The third kappa shape index (κ3) is 3.05. The van der Waals surface area contributed by atoms with Crippen LogP contribution in [-0.2, 0) is 11.8 Å². The van der Waals surface area contributed by atoms with Crippen LogP contribution in [0.1, 0.15) is 56.6 Å². The number of nitrogens with zero attached hydrogens (tertiary/aromatic N) is 3. The molecule has 1 saturated carbocycles. The Kier molecular flexibility index (Phi) is 4.52. The molecule has 2 heterocycles. The van der Waals surface area contributed by atoms with Crippen molar-refractivity contribution < 1.29 is 4.79 Å². The maximum atomic E-state index is 12.8. The third-order valence-corrected chi connectivity index (χ3v) is 5.64. The first-order chi connectivity index (χ1) is 10.6. The molecule has 0 aromatic carbocycles. The molecular weight excluding hydrogens is 276 g/mol. The first-order valence-electron chi connectivity index (χ1n) is 8.58. The monoisotopic (exact) mass is 304 g/mol. The molecule has 1 spiro atoms. The van der Waals surface area contributed by atoms with Crippen LogP contribution in [0.4, 0.5) is 0 Å². The average molecular weight is 304 g/mol. The molecule has 1 atom stereocenters. The highest BCUT2D eigenvalue weighted by Gasteiger charge is 2.38. The van der Waals surface area contributed by atoms with Gasteiger partial charge in [-0.25, -0.2) is 0 Å². The fourth-order valence-corrected chi connectivity index (χ4v) is 4.21. The smallest absolute Gasteiger partial charge is 0.244 e. The fourth-order valence-electron chi connectivity index (χ4n) is 4.21. The predicted octanol–water partition coefficient (Wildman–Crippen LogP) is 2.25. The number of carbonyl (C=O) groups excluding carboxylic acids is 1. The van der Waals surface area contributed by atoms with Gasteiger partial charge in [-0.1, -0.05) is 19.3 Å². The van der Waals surface area contributed by atoms with Crippen molar-refractivity contribution in [2.24, 2.45) is 12.5 Å². The highest BCUT2D eigenvalue weighted by atomic mass is 16.2. The van der Waals surface area contributed by atoms with Gasteiger partial charge in [0.15, 0.2) is 0 Å². The molecule has 1 aliphatic carbocycles. The van der Waals surface area contributed by atoms with E-state index in [1.807, 2.05) is 25.2 Å². The van der Waals surface area contributed by atoms with E-state index in [-0.39, 0.29) is 11.9 Å². The van der Waals surface area contributed by atoms with Crippen LogP contribution in [0.3, 0.4) is 0 Å². The summed E-state index contributed by atoms with van der Waals surface area (Å²) in [5.41, 5.74) is 1.49. The van der Waals surface area contributed by atoms with E-state index in [1.54, 1.807) is 10.9 Å². The quantitative estimate of drug-likeness (QED) is 0.932. The second kappa shape index (κ2) is 6.41. The SMILES string of the molecule is CNC(C(=O)N1CCC2(CCCCC2)CC1)c1cnn(C)c1. The van der Waals surface area contributed by atoms with E-state index in [1.165, 1.54) is 44.9 Å². The minimum atomic E-state index is -0.269. The average Bonchev–Trinajstić information content (AvgIpc) is 2.96. The Morgan fingerprint density at radius 1 is 1.23 bits per heavy atom. The van der Waals surface area contributed by atoms with Crippen LogP contribution >= 0.6 is 0 Å². The highest BCUT2D eigenvalue weighted by Crippen LogP contribution is 2.44. The number of piperidine rings is 1. The molecule has 1 aromatic rings. The number of rotatable bonds is 3. The Balaban J connectivity index is 1.63. The van der Waals surface area contributed by atoms with Crippen LogP contribution in [0.5, 0.6) is 0 Å². The number of hydrogen-bond acceptors (Lipinski definition) is 3. The van der Waals surface area contributed by atoms with Crippen LogP contribution in [0.25, 0.3) is 0 Å². The summed E-state index contributed by atoms with van der Waals surface area (Å²) < 4.78 is 1.75. The number of carbonyl (C=O) groups is 1. The van der Waals surface area contributed by atoms with Crippen LogP contribution < -0.4 is 5.32 Å². The maximum absolute atomic E-state index is 12.8. The summed E-state index contributed by atoms with van der Waals surface area (Å²) in [6, 6.07) is -0.269. The summed E-state index contributed by atoms with van der Waals surface area (Å²) in [4.78, 5) is 14.9. The summed E-state index contributed by atoms with van der Waals surface area (Å²) in [7, 11) is 3.73. The number of likely N-dealkylation sites (N-methyl/N-ethyl adjacent to an activating group) is 1. The van der Waals surface area contributed by atoms with Gasteiger partial charge in [-0.15, -0.1) is 0 Å². The van der Waals surface area contributed by atoms with E-state index in [0.717, 1.165) is 18.7 Å². The number of aryl methyl sites for hydroxylation is 1. The molecule has 1 N–H and O–H groups in total. The molecule has 0 bridgehead atoms. The minimum Gasteiger partial charge on any atom is -0.341 e. The van der Waals surface area contributed by atoms with Crippen LogP contribution in [-0.4, -0.2) is 40.7 Å². The predicted molar refractivity (Wildman–Crippen MR) is 86.3 cm³/mol. The number of nitrogens with one attached hydrogen (secondary N) is 1. The second-order valence-corrected chi connectivity index (χ2v) is 7.05. The molecule has 2 aliphatic rings. The normalized spacial score (nSPS) is 22.7. The lowest BCUT2D eigenvalue weighted by atomic mass is 9.68. The van der Waals surface area contributed by atoms with E-state index >= 15 is 0 Å². The van der Waals surface area contributed by atoms with Gasteiger partial charge in [0.2, 0.25) is 5.91 Å². The molecule has 3 rings (SSSR count). The van der Waals surface area contributed by atoms with E-state index in [0.29, 0.717) is 5.41 Å². The molecule has 1 aliphatic heterocycles. The van der Waals surface area contributed by atoms with E-state index in [9.17, 15) is 4.79 Å². The van der Waals surface area contributed by atoms with Crippen molar-refractivity contribution in [3.05, 3.63) is 18.0 Å². The number of amides is 1. The summed E-state index contributed by atoms with van der Waals surface area (Å²) in [5.74, 6) is 0.196.